The Kier molecular flexibility index (Phi) is 4.11. The predicted octanol–water partition coefficient (Wildman–Crippen LogP) is 0.946. The predicted molar refractivity (Wildman–Crippen MR) is 74.2 cm³/mol. The number of ether oxygens (including phenoxy) is 1. The summed E-state index contributed by atoms with van der Waals surface area (Å²) >= 11 is 0. The molecule has 0 aromatic heterocycles. The number of para-hydroxylation sites is 1. The van der Waals surface area contributed by atoms with Crippen LogP contribution in [-0.2, 0) is 14.3 Å². The molecular formula is C14H16N2O5. The molecule has 2 unspecified atom stereocenters. The van der Waals surface area contributed by atoms with E-state index in [1.54, 1.807) is 24.3 Å². The first-order valence-electron chi connectivity index (χ1n) is 6.43. The Balaban J connectivity index is 2.20. The van der Waals surface area contributed by atoms with Crippen LogP contribution in [0.25, 0.3) is 0 Å². The summed E-state index contributed by atoms with van der Waals surface area (Å²) in [5.74, 6) is -2.32. The van der Waals surface area contributed by atoms with E-state index >= 15 is 0 Å². The Bertz CT molecular complexity index is 586. The number of nitrogens with one attached hydrogen (secondary N) is 1. The summed E-state index contributed by atoms with van der Waals surface area (Å²) in [7, 11) is 1.23. The first-order chi connectivity index (χ1) is 9.95. The van der Waals surface area contributed by atoms with E-state index in [1.165, 1.54) is 18.9 Å². The highest BCUT2D eigenvalue weighted by molar-refractivity contribution is 5.99. The van der Waals surface area contributed by atoms with Crippen LogP contribution in [0.5, 0.6) is 0 Å². The first kappa shape index (κ1) is 14.8. The molecule has 0 aliphatic carbocycles. The quantitative estimate of drug-likeness (QED) is 0.808. The average molecular weight is 292 g/mol. The summed E-state index contributed by atoms with van der Waals surface area (Å²) in [6.45, 7) is 1.54. The van der Waals surface area contributed by atoms with Gasteiger partial charge in [-0.1, -0.05) is 18.2 Å². The van der Waals surface area contributed by atoms with Crippen LogP contribution >= 0.6 is 0 Å². The van der Waals surface area contributed by atoms with E-state index in [2.05, 4.69) is 10.1 Å². The first-order valence-corrected chi connectivity index (χ1v) is 6.43. The number of carbonyl (C=O) groups is 3. The standard InChI is InChI=1S/C14H16N2O5/c1-8(13(19)21-2)15-14(20)16-7-10(12(17)18)9-5-3-4-6-11(9)16/h3-6,8,10H,7H2,1-2H3,(H,15,20)(H,17,18). The fourth-order valence-corrected chi connectivity index (χ4v) is 2.31. The third-order valence-electron chi connectivity index (χ3n) is 3.41. The van der Waals surface area contributed by atoms with Crippen LogP contribution in [0.4, 0.5) is 10.5 Å². The van der Waals surface area contributed by atoms with Gasteiger partial charge >= 0.3 is 18.0 Å². The number of carboxylic acids is 1. The summed E-state index contributed by atoms with van der Waals surface area (Å²) in [5, 5.41) is 11.7. The number of fused-ring (bicyclic) bond motifs is 1. The van der Waals surface area contributed by atoms with Crippen molar-refractivity contribution in [2.24, 2.45) is 0 Å². The fourth-order valence-electron chi connectivity index (χ4n) is 2.31. The number of nitrogens with zero attached hydrogens (tertiary/aromatic N) is 1. The summed E-state index contributed by atoms with van der Waals surface area (Å²) < 4.78 is 4.54. The van der Waals surface area contributed by atoms with Gasteiger partial charge in [0.05, 0.1) is 7.11 Å². The van der Waals surface area contributed by atoms with E-state index in [9.17, 15) is 19.5 Å². The van der Waals surface area contributed by atoms with Crippen molar-refractivity contribution < 1.29 is 24.2 Å². The lowest BCUT2D eigenvalue weighted by Crippen LogP contribution is -2.47. The van der Waals surface area contributed by atoms with Gasteiger partial charge in [-0.05, 0) is 18.6 Å². The van der Waals surface area contributed by atoms with Crippen molar-refractivity contribution in [3.63, 3.8) is 0 Å². The lowest BCUT2D eigenvalue weighted by molar-refractivity contribution is -0.142. The number of methoxy groups -OCH3 is 1. The topological polar surface area (TPSA) is 95.9 Å². The maximum absolute atomic E-state index is 12.2. The van der Waals surface area contributed by atoms with E-state index < -0.39 is 29.9 Å². The molecule has 2 N–H and O–H groups in total. The number of anilines is 1. The third kappa shape index (κ3) is 2.81. The smallest absolute Gasteiger partial charge is 0.328 e. The van der Waals surface area contributed by atoms with Gasteiger partial charge in [0.25, 0.3) is 0 Å². The SMILES string of the molecule is COC(=O)C(C)NC(=O)N1CC(C(=O)O)c2ccccc21. The monoisotopic (exact) mass is 292 g/mol. The minimum absolute atomic E-state index is 0.0361. The summed E-state index contributed by atoms with van der Waals surface area (Å²) in [5.41, 5.74) is 1.13. The maximum atomic E-state index is 12.2. The second-order valence-electron chi connectivity index (χ2n) is 4.75. The molecule has 1 aliphatic rings. The molecule has 0 radical (unpaired) electrons. The highest BCUT2D eigenvalue weighted by Crippen LogP contribution is 2.36. The van der Waals surface area contributed by atoms with E-state index in [1.807, 2.05) is 0 Å². The largest absolute Gasteiger partial charge is 0.481 e. The van der Waals surface area contributed by atoms with Gasteiger partial charge in [-0.2, -0.15) is 0 Å². The Morgan fingerprint density at radius 2 is 2.05 bits per heavy atom. The molecule has 112 valence electrons. The van der Waals surface area contributed by atoms with E-state index in [0.29, 0.717) is 11.3 Å². The summed E-state index contributed by atoms with van der Waals surface area (Å²) in [4.78, 5) is 36.2. The van der Waals surface area contributed by atoms with Crippen molar-refractivity contribution in [1.29, 1.82) is 0 Å². The molecule has 7 heteroatoms. The second kappa shape index (κ2) is 5.82. The number of carbonyl (C=O) groups excluding carboxylic acids is 2. The molecule has 1 heterocycles. The third-order valence-corrected chi connectivity index (χ3v) is 3.41. The number of aliphatic carboxylic acids is 1. The highest BCUT2D eigenvalue weighted by atomic mass is 16.5. The minimum Gasteiger partial charge on any atom is -0.481 e. The molecular weight excluding hydrogens is 276 g/mol. The van der Waals surface area contributed by atoms with Gasteiger partial charge < -0.3 is 15.2 Å². The maximum Gasteiger partial charge on any atom is 0.328 e. The Morgan fingerprint density at radius 3 is 2.67 bits per heavy atom. The van der Waals surface area contributed by atoms with Crippen LogP contribution < -0.4 is 10.2 Å². The molecule has 0 bridgehead atoms. The number of urea groups is 1. The fraction of sp³-hybridized carbons (Fsp3) is 0.357. The zero-order chi connectivity index (χ0) is 15.6. The number of rotatable bonds is 3. The Labute approximate surface area is 121 Å². The van der Waals surface area contributed by atoms with Crippen molar-refractivity contribution in [2.75, 3.05) is 18.6 Å². The average Bonchev–Trinajstić information content (AvgIpc) is 2.86. The van der Waals surface area contributed by atoms with Gasteiger partial charge in [-0.15, -0.1) is 0 Å². The summed E-state index contributed by atoms with van der Waals surface area (Å²) in [6, 6.07) is 5.49. The van der Waals surface area contributed by atoms with Crippen molar-refractivity contribution in [1.82, 2.24) is 5.32 Å². The number of amides is 2. The van der Waals surface area contributed by atoms with Crippen LogP contribution in [0.3, 0.4) is 0 Å². The van der Waals surface area contributed by atoms with Crippen molar-refractivity contribution >= 4 is 23.7 Å². The molecule has 1 aromatic carbocycles. The number of benzene rings is 1. The van der Waals surface area contributed by atoms with Gasteiger partial charge in [0.1, 0.15) is 12.0 Å². The normalized spacial score (nSPS) is 17.8. The van der Waals surface area contributed by atoms with Gasteiger partial charge in [0.15, 0.2) is 0 Å². The van der Waals surface area contributed by atoms with E-state index in [0.717, 1.165) is 0 Å². The van der Waals surface area contributed by atoms with Crippen LogP contribution in [0.15, 0.2) is 24.3 Å². The molecule has 2 amide bonds. The van der Waals surface area contributed by atoms with Crippen molar-refractivity contribution in [3.05, 3.63) is 29.8 Å². The molecule has 21 heavy (non-hydrogen) atoms. The molecule has 0 saturated carbocycles. The lowest BCUT2D eigenvalue weighted by atomic mass is 10.0. The zero-order valence-corrected chi connectivity index (χ0v) is 11.7. The molecule has 0 spiro atoms. The highest BCUT2D eigenvalue weighted by Gasteiger charge is 2.37. The lowest BCUT2D eigenvalue weighted by Gasteiger charge is -2.20. The minimum atomic E-state index is -0.987. The molecule has 0 saturated heterocycles. The zero-order valence-electron chi connectivity index (χ0n) is 11.7. The van der Waals surface area contributed by atoms with Crippen LogP contribution in [0.2, 0.25) is 0 Å². The van der Waals surface area contributed by atoms with Gasteiger partial charge in [0.2, 0.25) is 0 Å². The van der Waals surface area contributed by atoms with Crippen LogP contribution in [-0.4, -0.2) is 42.8 Å². The van der Waals surface area contributed by atoms with E-state index in [-0.39, 0.29) is 6.54 Å². The molecule has 2 atom stereocenters. The molecule has 1 aromatic rings. The van der Waals surface area contributed by atoms with Gasteiger partial charge in [-0.25, -0.2) is 9.59 Å². The molecule has 1 aliphatic heterocycles. The van der Waals surface area contributed by atoms with Crippen LogP contribution in [0.1, 0.15) is 18.4 Å². The number of esters is 1. The van der Waals surface area contributed by atoms with Crippen molar-refractivity contribution in [3.8, 4) is 0 Å². The van der Waals surface area contributed by atoms with Gasteiger partial charge in [0, 0.05) is 12.2 Å². The van der Waals surface area contributed by atoms with E-state index in [4.69, 9.17) is 0 Å². The molecule has 0 fully saturated rings. The number of carboxylic acid groups (broad SMARTS) is 1. The van der Waals surface area contributed by atoms with Gasteiger partial charge in [-0.3, -0.25) is 9.69 Å². The second-order valence-corrected chi connectivity index (χ2v) is 4.75. The summed E-state index contributed by atoms with van der Waals surface area (Å²) in [6.07, 6.45) is 0. The number of hydrogen-bond acceptors (Lipinski definition) is 4. The van der Waals surface area contributed by atoms with Crippen molar-refractivity contribution in [2.45, 2.75) is 18.9 Å². The Morgan fingerprint density at radius 1 is 1.38 bits per heavy atom. The van der Waals surface area contributed by atoms with Crippen LogP contribution in [0, 0.1) is 0 Å². The number of hydrogen-bond donors (Lipinski definition) is 2. The Hall–Kier alpha value is -2.57. The molecule has 2 rings (SSSR count). The molecule has 7 nitrogen and oxygen atoms in total.